The topological polar surface area (TPSA) is 78.5 Å². The Labute approximate surface area is 121 Å². The maximum Gasteiger partial charge on any atom is 0.257 e. The zero-order chi connectivity index (χ0) is 15.6. The summed E-state index contributed by atoms with van der Waals surface area (Å²) in [5, 5.41) is 4.83. The molecule has 0 saturated carbocycles. The predicted octanol–water partition coefficient (Wildman–Crippen LogP) is 0.745. The fourth-order valence-corrected chi connectivity index (χ4v) is 2.40. The van der Waals surface area contributed by atoms with Crippen LogP contribution < -0.4 is 10.6 Å². The maximum absolute atomic E-state index is 13.7. The lowest BCUT2D eigenvalue weighted by Crippen LogP contribution is -2.59. The molecular weight excluding hydrogens is 277 g/mol. The number of piperazine rings is 1. The van der Waals surface area contributed by atoms with E-state index in [0.29, 0.717) is 6.42 Å². The summed E-state index contributed by atoms with van der Waals surface area (Å²) >= 11 is 0. The highest BCUT2D eigenvalue weighted by Crippen LogP contribution is 2.23. The van der Waals surface area contributed by atoms with Gasteiger partial charge in [-0.3, -0.25) is 19.7 Å². The number of carbonyl (C=O) groups excluding carboxylic acids is 3. The second-order valence-electron chi connectivity index (χ2n) is 4.68. The molecule has 21 heavy (non-hydrogen) atoms. The molecule has 0 aromatic heterocycles. The van der Waals surface area contributed by atoms with Crippen LogP contribution in [0, 0.1) is 5.82 Å². The minimum Gasteiger partial charge on any atom is -0.385 e. The van der Waals surface area contributed by atoms with E-state index in [0.717, 1.165) is 0 Å². The van der Waals surface area contributed by atoms with Gasteiger partial charge >= 0.3 is 0 Å². The van der Waals surface area contributed by atoms with E-state index in [4.69, 9.17) is 0 Å². The van der Waals surface area contributed by atoms with Crippen LogP contribution in [0.5, 0.6) is 0 Å². The van der Waals surface area contributed by atoms with Crippen molar-refractivity contribution in [2.75, 3.05) is 18.9 Å². The molecule has 6 nitrogen and oxygen atoms in total. The standard InChI is InChI=1S/C14H16FN3O3/c1-3-10-13(20)17-11(19)7-18(10)14(21)8-5-4-6-9(15)12(8)16-2/h4-6,10,16H,3,7H2,1-2H3,(H,17,19,20). The highest BCUT2D eigenvalue weighted by Gasteiger charge is 2.36. The second kappa shape index (κ2) is 5.90. The third kappa shape index (κ3) is 2.72. The average Bonchev–Trinajstić information content (AvgIpc) is 2.45. The van der Waals surface area contributed by atoms with Crippen LogP contribution in [0.1, 0.15) is 23.7 Å². The number of imide groups is 1. The van der Waals surface area contributed by atoms with Gasteiger partial charge in [0.25, 0.3) is 5.91 Å². The maximum atomic E-state index is 13.7. The van der Waals surface area contributed by atoms with Gasteiger partial charge in [0.1, 0.15) is 18.4 Å². The molecule has 1 aromatic rings. The molecular formula is C14H16FN3O3. The van der Waals surface area contributed by atoms with Gasteiger partial charge in [0.05, 0.1) is 11.3 Å². The van der Waals surface area contributed by atoms with Gasteiger partial charge in [0.2, 0.25) is 11.8 Å². The van der Waals surface area contributed by atoms with E-state index in [1.165, 1.54) is 30.1 Å². The molecule has 1 heterocycles. The van der Waals surface area contributed by atoms with Gasteiger partial charge in [-0.25, -0.2) is 4.39 Å². The Morgan fingerprint density at radius 2 is 2.19 bits per heavy atom. The van der Waals surface area contributed by atoms with E-state index in [1.807, 2.05) is 0 Å². The zero-order valence-corrected chi connectivity index (χ0v) is 11.8. The molecule has 0 spiro atoms. The first kappa shape index (κ1) is 15.0. The van der Waals surface area contributed by atoms with Crippen LogP contribution in [0.3, 0.4) is 0 Å². The van der Waals surface area contributed by atoms with Gasteiger partial charge in [-0.1, -0.05) is 13.0 Å². The Bertz CT molecular complexity index is 603. The molecule has 1 aliphatic heterocycles. The highest BCUT2D eigenvalue weighted by molar-refractivity contribution is 6.08. The number of nitrogens with one attached hydrogen (secondary N) is 2. The fourth-order valence-electron chi connectivity index (χ4n) is 2.40. The normalized spacial score (nSPS) is 18.4. The number of hydrogen-bond acceptors (Lipinski definition) is 4. The summed E-state index contributed by atoms with van der Waals surface area (Å²) in [6.07, 6.45) is 0.370. The van der Waals surface area contributed by atoms with Crippen molar-refractivity contribution in [3.05, 3.63) is 29.6 Å². The fraction of sp³-hybridized carbons (Fsp3) is 0.357. The molecule has 1 unspecified atom stereocenters. The van der Waals surface area contributed by atoms with Gasteiger partial charge in [-0.2, -0.15) is 0 Å². The summed E-state index contributed by atoms with van der Waals surface area (Å²) in [5.74, 6) is -2.16. The number of hydrogen-bond donors (Lipinski definition) is 2. The van der Waals surface area contributed by atoms with Crippen LogP contribution >= 0.6 is 0 Å². The first-order valence-corrected chi connectivity index (χ1v) is 6.60. The third-order valence-electron chi connectivity index (χ3n) is 3.40. The predicted molar refractivity (Wildman–Crippen MR) is 74.2 cm³/mol. The van der Waals surface area contributed by atoms with E-state index in [1.54, 1.807) is 6.92 Å². The highest BCUT2D eigenvalue weighted by atomic mass is 19.1. The van der Waals surface area contributed by atoms with Gasteiger partial charge < -0.3 is 10.2 Å². The zero-order valence-electron chi connectivity index (χ0n) is 11.8. The second-order valence-corrected chi connectivity index (χ2v) is 4.68. The Kier molecular flexibility index (Phi) is 4.21. The summed E-state index contributed by atoms with van der Waals surface area (Å²) in [6, 6.07) is 3.37. The molecule has 7 heteroatoms. The molecule has 1 saturated heterocycles. The van der Waals surface area contributed by atoms with Crippen LogP contribution in [0.15, 0.2) is 18.2 Å². The van der Waals surface area contributed by atoms with Gasteiger partial charge in [0.15, 0.2) is 0 Å². The van der Waals surface area contributed by atoms with E-state index < -0.39 is 29.6 Å². The molecule has 0 aliphatic carbocycles. The summed E-state index contributed by atoms with van der Waals surface area (Å²) < 4.78 is 13.7. The number of benzene rings is 1. The Morgan fingerprint density at radius 3 is 2.81 bits per heavy atom. The molecule has 112 valence electrons. The molecule has 0 bridgehead atoms. The molecule has 2 rings (SSSR count). The largest absolute Gasteiger partial charge is 0.385 e. The number of rotatable bonds is 3. The van der Waals surface area contributed by atoms with Crippen molar-refractivity contribution in [2.45, 2.75) is 19.4 Å². The first-order chi connectivity index (χ1) is 9.99. The first-order valence-electron chi connectivity index (χ1n) is 6.60. The minimum atomic E-state index is -0.733. The number of anilines is 1. The molecule has 3 amide bonds. The molecule has 0 radical (unpaired) electrons. The Balaban J connectivity index is 2.40. The smallest absolute Gasteiger partial charge is 0.257 e. The van der Waals surface area contributed by atoms with Crippen LogP contribution in [0.2, 0.25) is 0 Å². The van der Waals surface area contributed by atoms with Crippen LogP contribution in [-0.2, 0) is 9.59 Å². The van der Waals surface area contributed by atoms with Crippen molar-refractivity contribution >= 4 is 23.4 Å². The quantitative estimate of drug-likeness (QED) is 0.806. The Hall–Kier alpha value is -2.44. The summed E-state index contributed by atoms with van der Waals surface area (Å²) in [7, 11) is 1.50. The van der Waals surface area contributed by atoms with E-state index in [9.17, 15) is 18.8 Å². The lowest BCUT2D eigenvalue weighted by molar-refractivity contribution is -0.138. The monoisotopic (exact) mass is 293 g/mol. The van der Waals surface area contributed by atoms with Gasteiger partial charge in [-0.05, 0) is 18.6 Å². The van der Waals surface area contributed by atoms with Crippen molar-refractivity contribution in [2.24, 2.45) is 0 Å². The number of carbonyl (C=O) groups is 3. The lowest BCUT2D eigenvalue weighted by Gasteiger charge is -2.33. The molecule has 1 aliphatic rings. The Morgan fingerprint density at radius 1 is 1.48 bits per heavy atom. The molecule has 1 aromatic carbocycles. The summed E-state index contributed by atoms with van der Waals surface area (Å²) in [4.78, 5) is 37.0. The van der Waals surface area contributed by atoms with Crippen LogP contribution in [-0.4, -0.2) is 42.3 Å². The number of amides is 3. The number of halogens is 1. The number of para-hydroxylation sites is 1. The van der Waals surface area contributed by atoms with Crippen molar-refractivity contribution in [3.8, 4) is 0 Å². The van der Waals surface area contributed by atoms with Crippen LogP contribution in [0.4, 0.5) is 10.1 Å². The van der Waals surface area contributed by atoms with Gasteiger partial charge in [-0.15, -0.1) is 0 Å². The molecule has 1 fully saturated rings. The van der Waals surface area contributed by atoms with E-state index >= 15 is 0 Å². The van der Waals surface area contributed by atoms with Crippen molar-refractivity contribution in [1.82, 2.24) is 10.2 Å². The SMILES string of the molecule is CCC1C(=O)NC(=O)CN1C(=O)c1cccc(F)c1NC. The number of nitrogens with zero attached hydrogens (tertiary/aromatic N) is 1. The summed E-state index contributed by atoms with van der Waals surface area (Å²) in [6.45, 7) is 1.52. The van der Waals surface area contributed by atoms with Crippen LogP contribution in [0.25, 0.3) is 0 Å². The minimum absolute atomic E-state index is 0.0517. The van der Waals surface area contributed by atoms with E-state index in [-0.39, 0.29) is 17.8 Å². The van der Waals surface area contributed by atoms with Crippen molar-refractivity contribution < 1.29 is 18.8 Å². The summed E-state index contributed by atoms with van der Waals surface area (Å²) in [5.41, 5.74) is 0.147. The van der Waals surface area contributed by atoms with Gasteiger partial charge in [0, 0.05) is 7.05 Å². The van der Waals surface area contributed by atoms with Crippen molar-refractivity contribution in [1.29, 1.82) is 0 Å². The lowest BCUT2D eigenvalue weighted by atomic mass is 10.1. The molecule has 1 atom stereocenters. The average molecular weight is 293 g/mol. The van der Waals surface area contributed by atoms with E-state index in [2.05, 4.69) is 10.6 Å². The third-order valence-corrected chi connectivity index (χ3v) is 3.40. The van der Waals surface area contributed by atoms with Crippen molar-refractivity contribution in [3.63, 3.8) is 0 Å². The molecule has 2 N–H and O–H groups in total.